The largest absolute Gasteiger partial charge is 0.489 e. The maximum Gasteiger partial charge on any atom is 0.335 e. The number of urea groups is 1. The molecule has 3 aromatic rings. The first-order valence-corrected chi connectivity index (χ1v) is 9.87. The zero-order valence-corrected chi connectivity index (χ0v) is 17.2. The van der Waals surface area contributed by atoms with Gasteiger partial charge in [0.25, 0.3) is 11.8 Å². The summed E-state index contributed by atoms with van der Waals surface area (Å²) in [7, 11) is 0. The number of ether oxygens (including phenoxy) is 1. The van der Waals surface area contributed by atoms with E-state index in [1.165, 1.54) is 18.2 Å². The van der Waals surface area contributed by atoms with Gasteiger partial charge in [-0.1, -0.05) is 42.5 Å². The average molecular weight is 430 g/mol. The molecule has 4 rings (SSSR count). The second-order valence-electron chi connectivity index (χ2n) is 7.23. The van der Waals surface area contributed by atoms with Crippen LogP contribution >= 0.6 is 0 Å². The van der Waals surface area contributed by atoms with Crippen molar-refractivity contribution in [1.29, 1.82) is 0 Å². The molecule has 32 heavy (non-hydrogen) atoms. The monoisotopic (exact) mass is 430 g/mol. The summed E-state index contributed by atoms with van der Waals surface area (Å²) in [5, 5.41) is 2.22. The zero-order valence-electron chi connectivity index (χ0n) is 17.2. The molecule has 1 saturated heterocycles. The normalized spacial score (nSPS) is 15.1. The summed E-state index contributed by atoms with van der Waals surface area (Å²) in [4.78, 5) is 38.8. The molecule has 0 bridgehead atoms. The van der Waals surface area contributed by atoms with Crippen LogP contribution in [-0.2, 0) is 16.2 Å². The molecule has 1 aliphatic rings. The number of para-hydroxylation sites is 1. The van der Waals surface area contributed by atoms with Gasteiger partial charge >= 0.3 is 6.03 Å². The van der Waals surface area contributed by atoms with E-state index in [-0.39, 0.29) is 18.0 Å². The molecule has 1 heterocycles. The van der Waals surface area contributed by atoms with Gasteiger partial charge < -0.3 is 4.74 Å². The van der Waals surface area contributed by atoms with E-state index in [1.54, 1.807) is 67.6 Å². The van der Waals surface area contributed by atoms with Crippen molar-refractivity contribution in [2.75, 3.05) is 4.90 Å². The van der Waals surface area contributed by atoms with Crippen LogP contribution in [0.1, 0.15) is 16.7 Å². The number of hydrogen-bond acceptors (Lipinski definition) is 4. The lowest BCUT2D eigenvalue weighted by molar-refractivity contribution is -0.122. The SMILES string of the molecule is Cc1ccccc1N1C(=O)NC(=O)/C(=C\c2cccc(OCc3ccc(F)cc3)c2)C1=O. The van der Waals surface area contributed by atoms with Gasteiger partial charge in [-0.2, -0.15) is 0 Å². The number of nitrogens with one attached hydrogen (secondary N) is 1. The van der Waals surface area contributed by atoms with Crippen LogP contribution in [0.25, 0.3) is 6.08 Å². The Labute approximate surface area is 183 Å². The molecule has 0 atom stereocenters. The van der Waals surface area contributed by atoms with E-state index >= 15 is 0 Å². The fourth-order valence-electron chi connectivity index (χ4n) is 3.30. The molecule has 0 aromatic heterocycles. The van der Waals surface area contributed by atoms with Crippen molar-refractivity contribution in [2.45, 2.75) is 13.5 Å². The number of imide groups is 2. The van der Waals surface area contributed by atoms with Gasteiger partial charge in [-0.3, -0.25) is 14.9 Å². The summed E-state index contributed by atoms with van der Waals surface area (Å²) in [5.74, 6) is -1.27. The van der Waals surface area contributed by atoms with Crippen LogP contribution in [0.15, 0.2) is 78.4 Å². The molecule has 0 saturated carbocycles. The minimum absolute atomic E-state index is 0.163. The molecule has 3 aromatic carbocycles. The minimum atomic E-state index is -0.789. The smallest absolute Gasteiger partial charge is 0.335 e. The average Bonchev–Trinajstić information content (AvgIpc) is 2.78. The van der Waals surface area contributed by atoms with Crippen LogP contribution in [0.4, 0.5) is 14.9 Å². The summed E-state index contributed by atoms with van der Waals surface area (Å²) >= 11 is 0. The van der Waals surface area contributed by atoms with Crippen molar-refractivity contribution < 1.29 is 23.5 Å². The van der Waals surface area contributed by atoms with E-state index in [4.69, 9.17) is 4.74 Å². The van der Waals surface area contributed by atoms with Gasteiger partial charge in [0.15, 0.2) is 0 Å². The molecule has 1 N–H and O–H groups in total. The number of barbiturate groups is 1. The molecule has 160 valence electrons. The lowest BCUT2D eigenvalue weighted by atomic mass is 10.1. The summed E-state index contributed by atoms with van der Waals surface area (Å²) in [6.45, 7) is 2.01. The summed E-state index contributed by atoms with van der Waals surface area (Å²) in [6, 6.07) is 19.0. The number of rotatable bonds is 5. The Bertz CT molecular complexity index is 1230. The number of carbonyl (C=O) groups is 3. The number of halogens is 1. The Hall–Kier alpha value is -4.26. The van der Waals surface area contributed by atoms with E-state index in [0.717, 1.165) is 16.0 Å². The van der Waals surface area contributed by atoms with Crippen LogP contribution in [0.3, 0.4) is 0 Å². The first-order chi connectivity index (χ1) is 15.4. The fraction of sp³-hybridized carbons (Fsp3) is 0.0800. The molecule has 0 radical (unpaired) electrons. The van der Waals surface area contributed by atoms with Crippen LogP contribution in [0.5, 0.6) is 5.75 Å². The Morgan fingerprint density at radius 3 is 2.47 bits per heavy atom. The Kier molecular flexibility index (Phi) is 5.81. The van der Waals surface area contributed by atoms with Crippen LogP contribution in [0.2, 0.25) is 0 Å². The lowest BCUT2D eigenvalue weighted by Gasteiger charge is -2.27. The van der Waals surface area contributed by atoms with E-state index < -0.39 is 17.8 Å². The van der Waals surface area contributed by atoms with Crippen LogP contribution in [-0.4, -0.2) is 17.8 Å². The van der Waals surface area contributed by atoms with Gasteiger partial charge in [-0.05, 0) is 60.0 Å². The number of hydrogen-bond donors (Lipinski definition) is 1. The van der Waals surface area contributed by atoms with Gasteiger partial charge in [0, 0.05) is 0 Å². The highest BCUT2D eigenvalue weighted by molar-refractivity contribution is 6.39. The van der Waals surface area contributed by atoms with Crippen LogP contribution in [0, 0.1) is 12.7 Å². The molecule has 4 amide bonds. The minimum Gasteiger partial charge on any atom is -0.489 e. The van der Waals surface area contributed by atoms with Crippen molar-refractivity contribution in [3.05, 3.63) is 101 Å². The highest BCUT2D eigenvalue weighted by Gasteiger charge is 2.37. The molecule has 1 fully saturated rings. The van der Waals surface area contributed by atoms with Gasteiger partial charge in [0.05, 0.1) is 5.69 Å². The standard InChI is InChI=1S/C25H19FN2O4/c1-16-5-2-3-8-22(16)28-24(30)21(23(29)27-25(28)31)14-18-6-4-7-20(13-18)32-15-17-9-11-19(26)12-10-17/h2-14H,15H2,1H3,(H,27,29,31)/b21-14+. The van der Waals surface area contributed by atoms with E-state index in [1.807, 2.05) is 0 Å². The van der Waals surface area contributed by atoms with E-state index in [2.05, 4.69) is 5.32 Å². The second-order valence-corrected chi connectivity index (χ2v) is 7.23. The molecule has 1 aliphatic heterocycles. The number of nitrogens with zero attached hydrogens (tertiary/aromatic N) is 1. The Balaban J connectivity index is 1.58. The predicted molar refractivity (Wildman–Crippen MR) is 117 cm³/mol. The molecule has 0 spiro atoms. The maximum atomic E-state index is 13.0. The van der Waals surface area contributed by atoms with Gasteiger partial charge in [-0.25, -0.2) is 14.1 Å². The molecule has 0 aliphatic carbocycles. The van der Waals surface area contributed by atoms with Crippen molar-refractivity contribution in [1.82, 2.24) is 5.32 Å². The number of amides is 4. The Morgan fingerprint density at radius 2 is 1.72 bits per heavy atom. The topological polar surface area (TPSA) is 75.7 Å². The summed E-state index contributed by atoms with van der Waals surface area (Å²) < 4.78 is 18.8. The lowest BCUT2D eigenvalue weighted by Crippen LogP contribution is -2.54. The third kappa shape index (κ3) is 4.41. The summed E-state index contributed by atoms with van der Waals surface area (Å²) in [6.07, 6.45) is 1.42. The molecular weight excluding hydrogens is 411 g/mol. The highest BCUT2D eigenvalue weighted by atomic mass is 19.1. The van der Waals surface area contributed by atoms with Crippen molar-refractivity contribution >= 4 is 29.6 Å². The maximum absolute atomic E-state index is 13.0. The molecule has 7 heteroatoms. The third-order valence-corrected chi connectivity index (χ3v) is 4.95. The van der Waals surface area contributed by atoms with Crippen molar-refractivity contribution in [3.63, 3.8) is 0 Å². The van der Waals surface area contributed by atoms with Gasteiger partial charge in [0.2, 0.25) is 0 Å². The van der Waals surface area contributed by atoms with Crippen LogP contribution < -0.4 is 15.0 Å². The van der Waals surface area contributed by atoms with Gasteiger partial charge in [-0.15, -0.1) is 0 Å². The van der Waals surface area contributed by atoms with E-state index in [9.17, 15) is 18.8 Å². The second kappa shape index (κ2) is 8.85. The fourth-order valence-corrected chi connectivity index (χ4v) is 3.30. The number of anilines is 1. The van der Waals surface area contributed by atoms with Gasteiger partial charge in [0.1, 0.15) is 23.7 Å². The number of aryl methyl sites for hydroxylation is 1. The Morgan fingerprint density at radius 1 is 0.969 bits per heavy atom. The van der Waals surface area contributed by atoms with Crippen molar-refractivity contribution in [3.8, 4) is 5.75 Å². The molecule has 0 unspecified atom stereocenters. The summed E-state index contributed by atoms with van der Waals surface area (Å²) in [5.41, 5.74) is 2.32. The quantitative estimate of drug-likeness (QED) is 0.482. The predicted octanol–water partition coefficient (Wildman–Crippen LogP) is 4.38. The van der Waals surface area contributed by atoms with E-state index in [0.29, 0.717) is 17.0 Å². The number of benzene rings is 3. The highest BCUT2D eigenvalue weighted by Crippen LogP contribution is 2.25. The first kappa shape index (κ1) is 21.0. The number of carbonyl (C=O) groups excluding carboxylic acids is 3. The molecular formula is C25H19FN2O4. The third-order valence-electron chi connectivity index (χ3n) is 4.95. The molecule has 6 nitrogen and oxygen atoms in total. The zero-order chi connectivity index (χ0) is 22.7. The van der Waals surface area contributed by atoms with Crippen molar-refractivity contribution in [2.24, 2.45) is 0 Å². The first-order valence-electron chi connectivity index (χ1n) is 9.87.